The van der Waals surface area contributed by atoms with Crippen LogP contribution in [-0.2, 0) is 0 Å². The SMILES string of the molecule is CCCCOc1cc(C(c2ccc(OC)c(OCCCC)c2)n2cncn2)ccc1OC. The van der Waals surface area contributed by atoms with E-state index in [0.29, 0.717) is 24.7 Å². The molecule has 1 aromatic heterocycles. The molecule has 7 heteroatoms. The van der Waals surface area contributed by atoms with Gasteiger partial charge in [-0.05, 0) is 48.2 Å². The first-order valence-electron chi connectivity index (χ1n) is 11.2. The minimum Gasteiger partial charge on any atom is -0.493 e. The van der Waals surface area contributed by atoms with Crippen LogP contribution >= 0.6 is 0 Å². The fourth-order valence-electron chi connectivity index (χ4n) is 3.45. The van der Waals surface area contributed by atoms with Crippen molar-refractivity contribution in [1.29, 1.82) is 0 Å². The van der Waals surface area contributed by atoms with Gasteiger partial charge in [0.2, 0.25) is 0 Å². The number of nitrogens with zero attached hydrogens (tertiary/aromatic N) is 3. The third-order valence-electron chi connectivity index (χ3n) is 5.22. The van der Waals surface area contributed by atoms with Gasteiger partial charge in [0.15, 0.2) is 23.0 Å². The number of rotatable bonds is 13. The number of benzene rings is 2. The lowest BCUT2D eigenvalue weighted by Gasteiger charge is -2.21. The van der Waals surface area contributed by atoms with Crippen LogP contribution in [0.15, 0.2) is 49.1 Å². The molecule has 0 radical (unpaired) electrons. The zero-order valence-electron chi connectivity index (χ0n) is 19.4. The molecule has 7 nitrogen and oxygen atoms in total. The molecule has 0 bridgehead atoms. The van der Waals surface area contributed by atoms with Crippen LogP contribution in [0.4, 0.5) is 0 Å². The minimum atomic E-state index is -0.212. The van der Waals surface area contributed by atoms with Crippen molar-refractivity contribution in [2.45, 2.75) is 45.6 Å². The lowest BCUT2D eigenvalue weighted by molar-refractivity contribution is 0.287. The van der Waals surface area contributed by atoms with Crippen LogP contribution in [0.5, 0.6) is 23.0 Å². The Kier molecular flexibility index (Phi) is 8.78. The average molecular weight is 440 g/mol. The normalized spacial score (nSPS) is 10.9. The standard InChI is InChI=1S/C25H33N3O4/c1-5-7-13-31-23-15-19(9-11-21(23)29-3)25(28-18-26-17-27-28)20-10-12-22(30-4)24(16-20)32-14-8-6-2/h9-12,15-18,25H,5-8,13-14H2,1-4H3. The smallest absolute Gasteiger partial charge is 0.161 e. The van der Waals surface area contributed by atoms with Crippen molar-refractivity contribution in [2.75, 3.05) is 27.4 Å². The molecule has 0 atom stereocenters. The first kappa shape index (κ1) is 23.4. The zero-order valence-corrected chi connectivity index (χ0v) is 19.4. The molecule has 0 spiro atoms. The van der Waals surface area contributed by atoms with E-state index >= 15 is 0 Å². The van der Waals surface area contributed by atoms with Crippen molar-refractivity contribution in [2.24, 2.45) is 0 Å². The van der Waals surface area contributed by atoms with E-state index < -0.39 is 0 Å². The highest BCUT2D eigenvalue weighted by Crippen LogP contribution is 2.37. The van der Waals surface area contributed by atoms with E-state index in [9.17, 15) is 0 Å². The predicted molar refractivity (Wildman–Crippen MR) is 124 cm³/mol. The highest BCUT2D eigenvalue weighted by molar-refractivity contribution is 5.49. The summed E-state index contributed by atoms with van der Waals surface area (Å²) in [5.41, 5.74) is 2.01. The van der Waals surface area contributed by atoms with Crippen LogP contribution in [0.1, 0.15) is 56.7 Å². The van der Waals surface area contributed by atoms with Gasteiger partial charge in [-0.25, -0.2) is 9.67 Å². The van der Waals surface area contributed by atoms with Crippen LogP contribution in [0.2, 0.25) is 0 Å². The largest absolute Gasteiger partial charge is 0.493 e. The molecule has 172 valence electrons. The number of ether oxygens (including phenoxy) is 4. The second-order valence-electron chi connectivity index (χ2n) is 7.50. The zero-order chi connectivity index (χ0) is 22.8. The van der Waals surface area contributed by atoms with Crippen molar-refractivity contribution in [3.05, 3.63) is 60.2 Å². The summed E-state index contributed by atoms with van der Waals surface area (Å²) in [6.07, 6.45) is 7.35. The van der Waals surface area contributed by atoms with Gasteiger partial charge in [0.1, 0.15) is 18.7 Å². The molecule has 0 unspecified atom stereocenters. The Morgan fingerprint density at radius 2 is 1.31 bits per heavy atom. The second kappa shape index (κ2) is 12.0. The van der Waals surface area contributed by atoms with Gasteiger partial charge in [-0.2, -0.15) is 5.10 Å². The number of unbranched alkanes of at least 4 members (excludes halogenated alkanes) is 2. The minimum absolute atomic E-state index is 0.212. The Balaban J connectivity index is 2.01. The van der Waals surface area contributed by atoms with E-state index in [1.807, 2.05) is 41.1 Å². The van der Waals surface area contributed by atoms with Gasteiger partial charge in [-0.15, -0.1) is 0 Å². The molecule has 0 aliphatic rings. The highest BCUT2D eigenvalue weighted by Gasteiger charge is 2.21. The molecule has 0 saturated carbocycles. The van der Waals surface area contributed by atoms with Crippen LogP contribution in [-0.4, -0.2) is 42.2 Å². The van der Waals surface area contributed by atoms with Crippen LogP contribution in [0.25, 0.3) is 0 Å². The monoisotopic (exact) mass is 439 g/mol. The molecule has 1 heterocycles. The summed E-state index contributed by atoms with van der Waals surface area (Å²) < 4.78 is 24.9. The second-order valence-corrected chi connectivity index (χ2v) is 7.50. The molecule has 3 aromatic rings. The van der Waals surface area contributed by atoms with E-state index in [4.69, 9.17) is 18.9 Å². The van der Waals surface area contributed by atoms with E-state index in [-0.39, 0.29) is 6.04 Å². The van der Waals surface area contributed by atoms with Crippen molar-refractivity contribution in [3.63, 3.8) is 0 Å². The predicted octanol–water partition coefficient (Wildman–Crippen LogP) is 5.29. The molecular formula is C25H33N3O4. The first-order chi connectivity index (χ1) is 15.7. The van der Waals surface area contributed by atoms with Gasteiger partial charge >= 0.3 is 0 Å². The Morgan fingerprint density at radius 3 is 1.72 bits per heavy atom. The molecule has 2 aromatic carbocycles. The maximum Gasteiger partial charge on any atom is 0.161 e. The van der Waals surface area contributed by atoms with E-state index in [1.165, 1.54) is 6.33 Å². The summed E-state index contributed by atoms with van der Waals surface area (Å²) in [6.45, 7) is 5.56. The molecule has 32 heavy (non-hydrogen) atoms. The summed E-state index contributed by atoms with van der Waals surface area (Å²) in [5.74, 6) is 2.86. The topological polar surface area (TPSA) is 67.6 Å². The Labute approximate surface area is 190 Å². The van der Waals surface area contributed by atoms with Gasteiger partial charge in [0.25, 0.3) is 0 Å². The summed E-state index contributed by atoms with van der Waals surface area (Å²) >= 11 is 0. The molecule has 0 fully saturated rings. The van der Waals surface area contributed by atoms with Gasteiger partial charge < -0.3 is 18.9 Å². The number of aromatic nitrogens is 3. The number of hydrogen-bond acceptors (Lipinski definition) is 6. The van der Waals surface area contributed by atoms with Crippen molar-refractivity contribution in [1.82, 2.24) is 14.8 Å². The van der Waals surface area contributed by atoms with Gasteiger partial charge in [0, 0.05) is 0 Å². The Hall–Kier alpha value is -3.22. The van der Waals surface area contributed by atoms with Crippen molar-refractivity contribution < 1.29 is 18.9 Å². The summed E-state index contributed by atoms with van der Waals surface area (Å²) in [5, 5.41) is 4.43. The number of methoxy groups -OCH3 is 2. The van der Waals surface area contributed by atoms with E-state index in [0.717, 1.165) is 48.3 Å². The number of hydrogen-bond donors (Lipinski definition) is 0. The van der Waals surface area contributed by atoms with Crippen LogP contribution in [0, 0.1) is 0 Å². The van der Waals surface area contributed by atoms with Gasteiger partial charge in [0.05, 0.1) is 27.4 Å². The quantitative estimate of drug-likeness (QED) is 0.337. The Bertz CT molecular complexity index is 898. The van der Waals surface area contributed by atoms with Gasteiger partial charge in [-0.3, -0.25) is 0 Å². The van der Waals surface area contributed by atoms with Gasteiger partial charge in [-0.1, -0.05) is 38.8 Å². The average Bonchev–Trinajstić information content (AvgIpc) is 3.34. The lowest BCUT2D eigenvalue weighted by Crippen LogP contribution is -2.14. The third-order valence-corrected chi connectivity index (χ3v) is 5.22. The molecule has 0 aliphatic heterocycles. The van der Waals surface area contributed by atoms with E-state index in [2.05, 4.69) is 23.9 Å². The fraction of sp³-hybridized carbons (Fsp3) is 0.440. The summed E-state index contributed by atoms with van der Waals surface area (Å²) in [6, 6.07) is 11.7. The van der Waals surface area contributed by atoms with Crippen molar-refractivity contribution in [3.8, 4) is 23.0 Å². The Morgan fingerprint density at radius 1 is 0.781 bits per heavy atom. The van der Waals surface area contributed by atoms with E-state index in [1.54, 1.807) is 20.5 Å². The van der Waals surface area contributed by atoms with Crippen LogP contribution in [0.3, 0.4) is 0 Å². The molecule has 0 amide bonds. The first-order valence-corrected chi connectivity index (χ1v) is 11.2. The van der Waals surface area contributed by atoms with Crippen LogP contribution < -0.4 is 18.9 Å². The maximum atomic E-state index is 6.02. The molecule has 0 saturated heterocycles. The molecule has 3 rings (SSSR count). The lowest BCUT2D eigenvalue weighted by atomic mass is 9.98. The molecule has 0 N–H and O–H groups in total. The summed E-state index contributed by atoms with van der Waals surface area (Å²) in [7, 11) is 3.31. The maximum absolute atomic E-state index is 6.02. The molecular weight excluding hydrogens is 406 g/mol. The highest BCUT2D eigenvalue weighted by atomic mass is 16.5. The third kappa shape index (κ3) is 5.72. The fourth-order valence-corrected chi connectivity index (χ4v) is 3.45. The molecule has 0 aliphatic carbocycles. The van der Waals surface area contributed by atoms with Crippen molar-refractivity contribution >= 4 is 0 Å². The summed E-state index contributed by atoms with van der Waals surface area (Å²) in [4.78, 5) is 4.17.